The molecule has 1 aliphatic heterocycles. The van der Waals surface area contributed by atoms with E-state index in [1.807, 2.05) is 4.90 Å². The summed E-state index contributed by atoms with van der Waals surface area (Å²) in [6.07, 6.45) is 0. The SMILES string of the molecule is O=C(Nc1cc(F)ccc1F)N1CCN(CCO)CC1. The van der Waals surface area contributed by atoms with Crippen LogP contribution in [0.15, 0.2) is 18.2 Å². The monoisotopic (exact) mass is 285 g/mol. The number of nitrogens with zero attached hydrogens (tertiary/aromatic N) is 2. The first-order valence-electron chi connectivity index (χ1n) is 6.44. The van der Waals surface area contributed by atoms with Crippen LogP contribution in [0.2, 0.25) is 0 Å². The van der Waals surface area contributed by atoms with E-state index in [1.165, 1.54) is 4.90 Å². The molecule has 7 heteroatoms. The Balaban J connectivity index is 1.91. The molecule has 1 aromatic carbocycles. The van der Waals surface area contributed by atoms with Crippen molar-refractivity contribution < 1.29 is 18.7 Å². The van der Waals surface area contributed by atoms with Gasteiger partial charge in [-0.1, -0.05) is 0 Å². The Hall–Kier alpha value is -1.73. The van der Waals surface area contributed by atoms with Crippen LogP contribution in [-0.4, -0.2) is 60.3 Å². The van der Waals surface area contributed by atoms with Crippen molar-refractivity contribution in [2.45, 2.75) is 0 Å². The summed E-state index contributed by atoms with van der Waals surface area (Å²) in [5.74, 6) is -1.27. The van der Waals surface area contributed by atoms with E-state index in [0.717, 1.165) is 18.2 Å². The van der Waals surface area contributed by atoms with Gasteiger partial charge in [0.1, 0.15) is 11.6 Å². The van der Waals surface area contributed by atoms with Gasteiger partial charge in [0.2, 0.25) is 0 Å². The topological polar surface area (TPSA) is 55.8 Å². The van der Waals surface area contributed by atoms with Gasteiger partial charge < -0.3 is 15.3 Å². The molecular weight excluding hydrogens is 268 g/mol. The normalized spacial score (nSPS) is 16.2. The number of rotatable bonds is 3. The molecule has 1 aliphatic rings. The molecule has 1 aromatic rings. The number of aliphatic hydroxyl groups is 1. The van der Waals surface area contributed by atoms with Gasteiger partial charge in [-0.05, 0) is 12.1 Å². The zero-order chi connectivity index (χ0) is 14.5. The van der Waals surface area contributed by atoms with E-state index in [2.05, 4.69) is 5.32 Å². The third-order valence-corrected chi connectivity index (χ3v) is 3.25. The maximum absolute atomic E-state index is 13.4. The highest BCUT2D eigenvalue weighted by Crippen LogP contribution is 2.16. The second-order valence-corrected chi connectivity index (χ2v) is 4.61. The van der Waals surface area contributed by atoms with Crippen molar-refractivity contribution in [1.29, 1.82) is 0 Å². The highest BCUT2D eigenvalue weighted by molar-refractivity contribution is 5.89. The van der Waals surface area contributed by atoms with Crippen LogP contribution >= 0.6 is 0 Å². The van der Waals surface area contributed by atoms with Gasteiger partial charge >= 0.3 is 6.03 Å². The van der Waals surface area contributed by atoms with Gasteiger partial charge in [-0.2, -0.15) is 0 Å². The van der Waals surface area contributed by atoms with Crippen molar-refractivity contribution >= 4 is 11.7 Å². The second kappa shape index (κ2) is 6.62. The number of halogens is 2. The summed E-state index contributed by atoms with van der Waals surface area (Å²) in [6.45, 7) is 2.94. The molecule has 0 atom stereocenters. The van der Waals surface area contributed by atoms with Gasteiger partial charge in [0.05, 0.1) is 12.3 Å². The van der Waals surface area contributed by atoms with Gasteiger partial charge in [0.15, 0.2) is 0 Å². The molecule has 0 aliphatic carbocycles. The van der Waals surface area contributed by atoms with E-state index in [0.29, 0.717) is 32.7 Å². The van der Waals surface area contributed by atoms with Crippen LogP contribution in [0.3, 0.4) is 0 Å². The number of nitrogens with one attached hydrogen (secondary N) is 1. The van der Waals surface area contributed by atoms with Crippen LogP contribution in [0, 0.1) is 11.6 Å². The number of urea groups is 1. The highest BCUT2D eigenvalue weighted by Gasteiger charge is 2.21. The first kappa shape index (κ1) is 14.7. The number of benzene rings is 1. The van der Waals surface area contributed by atoms with Crippen molar-refractivity contribution in [2.24, 2.45) is 0 Å². The number of piperazine rings is 1. The Kier molecular flexibility index (Phi) is 4.86. The average molecular weight is 285 g/mol. The molecular formula is C13H17F2N3O2. The molecule has 1 fully saturated rings. The fourth-order valence-electron chi connectivity index (χ4n) is 2.10. The number of hydrogen-bond donors (Lipinski definition) is 2. The molecule has 1 saturated heterocycles. The minimum Gasteiger partial charge on any atom is -0.395 e. The maximum atomic E-state index is 13.4. The molecule has 0 spiro atoms. The van der Waals surface area contributed by atoms with Crippen molar-refractivity contribution in [3.63, 3.8) is 0 Å². The summed E-state index contributed by atoms with van der Waals surface area (Å²) in [6, 6.07) is 2.48. The minimum atomic E-state index is -0.668. The molecule has 1 heterocycles. The summed E-state index contributed by atoms with van der Waals surface area (Å²) >= 11 is 0. The number of carbonyl (C=O) groups excluding carboxylic acids is 1. The lowest BCUT2D eigenvalue weighted by Gasteiger charge is -2.34. The average Bonchev–Trinajstić information content (AvgIpc) is 2.44. The fraction of sp³-hybridized carbons (Fsp3) is 0.462. The van der Waals surface area contributed by atoms with E-state index in [4.69, 9.17) is 5.11 Å². The van der Waals surface area contributed by atoms with E-state index in [9.17, 15) is 13.6 Å². The lowest BCUT2D eigenvalue weighted by molar-refractivity contribution is 0.127. The summed E-state index contributed by atoms with van der Waals surface area (Å²) in [5.41, 5.74) is -0.159. The Morgan fingerprint density at radius 1 is 1.25 bits per heavy atom. The van der Waals surface area contributed by atoms with Crippen molar-refractivity contribution in [2.75, 3.05) is 44.6 Å². The zero-order valence-corrected chi connectivity index (χ0v) is 11.0. The minimum absolute atomic E-state index is 0.0840. The highest BCUT2D eigenvalue weighted by atomic mass is 19.1. The number of amides is 2. The maximum Gasteiger partial charge on any atom is 0.322 e. The first-order chi connectivity index (χ1) is 9.60. The molecule has 2 rings (SSSR count). The van der Waals surface area contributed by atoms with Gasteiger partial charge in [-0.25, -0.2) is 13.6 Å². The fourth-order valence-corrected chi connectivity index (χ4v) is 2.10. The van der Waals surface area contributed by atoms with E-state index in [-0.39, 0.29) is 12.3 Å². The molecule has 0 aromatic heterocycles. The predicted octanol–water partition coefficient (Wildman–Crippen LogP) is 1.11. The molecule has 20 heavy (non-hydrogen) atoms. The third-order valence-electron chi connectivity index (χ3n) is 3.25. The molecule has 2 amide bonds. The quantitative estimate of drug-likeness (QED) is 0.874. The summed E-state index contributed by atoms with van der Waals surface area (Å²) in [5, 5.41) is 11.2. The molecule has 0 radical (unpaired) electrons. The number of aliphatic hydroxyl groups excluding tert-OH is 1. The number of anilines is 1. The van der Waals surface area contributed by atoms with Crippen molar-refractivity contribution in [3.8, 4) is 0 Å². The molecule has 110 valence electrons. The van der Waals surface area contributed by atoms with Crippen LogP contribution < -0.4 is 5.32 Å². The van der Waals surface area contributed by atoms with Crippen molar-refractivity contribution in [3.05, 3.63) is 29.8 Å². The first-order valence-corrected chi connectivity index (χ1v) is 6.44. The Morgan fingerprint density at radius 2 is 1.95 bits per heavy atom. The predicted molar refractivity (Wildman–Crippen MR) is 70.5 cm³/mol. The van der Waals surface area contributed by atoms with E-state index < -0.39 is 17.7 Å². The molecule has 0 saturated carbocycles. The second-order valence-electron chi connectivity index (χ2n) is 4.61. The van der Waals surface area contributed by atoms with Gasteiger partial charge in [-0.3, -0.25) is 4.90 Å². The summed E-state index contributed by atoms with van der Waals surface area (Å²) < 4.78 is 26.4. The van der Waals surface area contributed by atoms with Gasteiger partial charge in [0.25, 0.3) is 0 Å². The smallest absolute Gasteiger partial charge is 0.322 e. The largest absolute Gasteiger partial charge is 0.395 e. The number of hydrogen-bond acceptors (Lipinski definition) is 3. The van der Waals surface area contributed by atoms with Crippen LogP contribution in [0.1, 0.15) is 0 Å². The number of carbonyl (C=O) groups is 1. The van der Waals surface area contributed by atoms with Crippen LogP contribution in [0.25, 0.3) is 0 Å². The standard InChI is InChI=1S/C13H17F2N3O2/c14-10-1-2-11(15)12(9-10)16-13(20)18-5-3-17(4-6-18)7-8-19/h1-2,9,19H,3-8H2,(H,16,20). The summed E-state index contributed by atoms with van der Waals surface area (Å²) in [4.78, 5) is 15.5. The molecule has 5 nitrogen and oxygen atoms in total. The Bertz CT molecular complexity index is 477. The Labute approximate surface area is 115 Å². The van der Waals surface area contributed by atoms with Gasteiger partial charge in [0, 0.05) is 38.8 Å². The number of β-amino-alcohol motifs (C(OH)–C–C–N with tert-alkyl or cyclic N) is 1. The van der Waals surface area contributed by atoms with Gasteiger partial charge in [-0.15, -0.1) is 0 Å². The van der Waals surface area contributed by atoms with Crippen LogP contribution in [0.4, 0.5) is 19.3 Å². The van der Waals surface area contributed by atoms with Crippen LogP contribution in [-0.2, 0) is 0 Å². The molecule has 2 N–H and O–H groups in total. The van der Waals surface area contributed by atoms with E-state index in [1.54, 1.807) is 0 Å². The zero-order valence-electron chi connectivity index (χ0n) is 11.0. The summed E-state index contributed by atoms with van der Waals surface area (Å²) in [7, 11) is 0. The Morgan fingerprint density at radius 3 is 2.60 bits per heavy atom. The van der Waals surface area contributed by atoms with E-state index >= 15 is 0 Å². The van der Waals surface area contributed by atoms with Crippen molar-refractivity contribution in [1.82, 2.24) is 9.80 Å². The third kappa shape index (κ3) is 3.64. The van der Waals surface area contributed by atoms with Crippen LogP contribution in [0.5, 0.6) is 0 Å². The molecule has 0 unspecified atom stereocenters. The lowest BCUT2D eigenvalue weighted by atomic mass is 10.3. The lowest BCUT2D eigenvalue weighted by Crippen LogP contribution is -2.50. The molecule has 0 bridgehead atoms.